The fraction of sp³-hybridized carbons (Fsp3) is 0.333. The van der Waals surface area contributed by atoms with Crippen LogP contribution in [-0.2, 0) is 11.2 Å². The van der Waals surface area contributed by atoms with Crippen LogP contribution in [0.15, 0.2) is 45.6 Å². The number of amides is 1. The zero-order valence-corrected chi connectivity index (χ0v) is 21.1. The summed E-state index contributed by atoms with van der Waals surface area (Å²) in [5.41, 5.74) is 0.597. The monoisotopic (exact) mass is 511 g/mol. The van der Waals surface area contributed by atoms with E-state index in [1.165, 1.54) is 20.3 Å². The van der Waals surface area contributed by atoms with E-state index in [9.17, 15) is 14.7 Å². The Balaban J connectivity index is 1.66. The summed E-state index contributed by atoms with van der Waals surface area (Å²) in [5.74, 6) is 0.678. The molecule has 37 heavy (non-hydrogen) atoms. The molecule has 0 radical (unpaired) electrons. The van der Waals surface area contributed by atoms with Crippen LogP contribution in [0.1, 0.15) is 34.8 Å². The summed E-state index contributed by atoms with van der Waals surface area (Å²) in [5, 5.41) is 13.6. The third-order valence-corrected chi connectivity index (χ3v) is 6.11. The molecule has 2 N–H and O–H groups in total. The summed E-state index contributed by atoms with van der Waals surface area (Å²) in [4.78, 5) is 26.0. The zero-order chi connectivity index (χ0) is 26.5. The zero-order valence-electron chi connectivity index (χ0n) is 21.1. The van der Waals surface area contributed by atoms with Gasteiger partial charge in [-0.15, -0.1) is 0 Å². The Morgan fingerprint density at radius 2 is 1.78 bits per heavy atom. The van der Waals surface area contributed by atoms with Gasteiger partial charge in [0.15, 0.2) is 11.5 Å². The Labute approximate surface area is 213 Å². The number of nitrogens with one attached hydrogen (secondary N) is 1. The van der Waals surface area contributed by atoms with Gasteiger partial charge in [-0.05, 0) is 37.1 Å². The topological polar surface area (TPSA) is 126 Å². The number of methoxy groups -OCH3 is 3. The molecule has 0 fully saturated rings. The maximum atomic E-state index is 13.1. The summed E-state index contributed by atoms with van der Waals surface area (Å²) in [6.07, 6.45) is 0.419. The molecule has 2 aromatic carbocycles. The first-order chi connectivity index (χ1) is 17.9. The number of hydrogen-bond donors (Lipinski definition) is 2. The van der Waals surface area contributed by atoms with Crippen molar-refractivity contribution in [3.8, 4) is 34.5 Å². The molecule has 10 nitrogen and oxygen atoms in total. The number of fused-ring (bicyclic) bond motifs is 1. The van der Waals surface area contributed by atoms with Crippen LogP contribution >= 0.6 is 0 Å². The number of hydrogen-bond acceptors (Lipinski definition) is 9. The van der Waals surface area contributed by atoms with E-state index >= 15 is 0 Å². The van der Waals surface area contributed by atoms with E-state index in [0.29, 0.717) is 30.0 Å². The van der Waals surface area contributed by atoms with Crippen molar-refractivity contribution >= 4 is 5.91 Å². The Hall–Kier alpha value is -4.34. The fourth-order valence-electron chi connectivity index (χ4n) is 4.34. The van der Waals surface area contributed by atoms with Crippen molar-refractivity contribution in [1.82, 2.24) is 5.32 Å². The average molecular weight is 512 g/mol. The summed E-state index contributed by atoms with van der Waals surface area (Å²) in [6.45, 7) is 1.88. The second-order valence-electron chi connectivity index (χ2n) is 8.41. The van der Waals surface area contributed by atoms with Crippen molar-refractivity contribution < 1.29 is 38.0 Å². The number of benzene rings is 2. The quantitative estimate of drug-likeness (QED) is 0.422. The number of carbonyl (C=O) groups is 1. The summed E-state index contributed by atoms with van der Waals surface area (Å²) in [7, 11) is 4.51. The third-order valence-electron chi connectivity index (χ3n) is 6.11. The number of carbonyl (C=O) groups excluding carboxylic acids is 1. The van der Waals surface area contributed by atoms with Gasteiger partial charge in [0.25, 0.3) is 0 Å². The standard InChI is InChI=1S/C27H29NO9/c1-15-11-20(29)23(27(31)37-15)18(13-22(30)28-10-9-16-5-7-17(32-2)8-6-16)19-12-21(33-3)25-26(24(19)34-4)36-14-35-25/h5-8,11-12,18,29H,9-10,13-14H2,1-4H3,(H,28,30)/t18-/m0/s1. The second-order valence-corrected chi connectivity index (χ2v) is 8.41. The van der Waals surface area contributed by atoms with E-state index < -0.39 is 11.5 Å². The first-order valence-electron chi connectivity index (χ1n) is 11.6. The predicted molar refractivity (Wildman–Crippen MR) is 133 cm³/mol. The minimum Gasteiger partial charge on any atom is -0.507 e. The molecule has 2 heterocycles. The number of ether oxygens (including phenoxy) is 5. The van der Waals surface area contributed by atoms with Gasteiger partial charge in [-0.2, -0.15) is 0 Å². The molecule has 0 aliphatic carbocycles. The lowest BCUT2D eigenvalue weighted by Crippen LogP contribution is -2.29. The first-order valence-corrected chi connectivity index (χ1v) is 11.6. The van der Waals surface area contributed by atoms with Crippen LogP contribution in [0.25, 0.3) is 0 Å². The van der Waals surface area contributed by atoms with Crippen LogP contribution in [0.2, 0.25) is 0 Å². The van der Waals surface area contributed by atoms with Gasteiger partial charge < -0.3 is 38.5 Å². The molecule has 0 spiro atoms. The van der Waals surface area contributed by atoms with E-state index in [1.807, 2.05) is 24.3 Å². The Morgan fingerprint density at radius 3 is 2.43 bits per heavy atom. The van der Waals surface area contributed by atoms with E-state index in [0.717, 1.165) is 11.3 Å². The average Bonchev–Trinajstić information content (AvgIpc) is 3.37. The summed E-state index contributed by atoms with van der Waals surface area (Å²) < 4.78 is 32.6. The molecule has 1 aromatic heterocycles. The van der Waals surface area contributed by atoms with Gasteiger partial charge in [-0.1, -0.05) is 12.1 Å². The Kier molecular flexibility index (Phi) is 7.76. The molecule has 1 aliphatic rings. The van der Waals surface area contributed by atoms with Crippen LogP contribution in [-0.4, -0.2) is 45.7 Å². The molecule has 10 heteroatoms. The van der Waals surface area contributed by atoms with Crippen molar-refractivity contribution in [3.63, 3.8) is 0 Å². The van der Waals surface area contributed by atoms with E-state index in [4.69, 9.17) is 28.1 Å². The van der Waals surface area contributed by atoms with Crippen molar-refractivity contribution in [2.75, 3.05) is 34.7 Å². The molecule has 1 amide bonds. The first kappa shape index (κ1) is 25.7. The molecule has 0 unspecified atom stereocenters. The maximum Gasteiger partial charge on any atom is 0.343 e. The van der Waals surface area contributed by atoms with E-state index in [-0.39, 0.29) is 47.7 Å². The van der Waals surface area contributed by atoms with E-state index in [2.05, 4.69) is 5.32 Å². The lowest BCUT2D eigenvalue weighted by Gasteiger charge is -2.22. The van der Waals surface area contributed by atoms with Gasteiger partial charge in [0, 0.05) is 30.5 Å². The van der Waals surface area contributed by atoms with Crippen molar-refractivity contribution in [2.45, 2.75) is 25.7 Å². The van der Waals surface area contributed by atoms with Crippen molar-refractivity contribution in [2.24, 2.45) is 0 Å². The van der Waals surface area contributed by atoms with Crippen LogP contribution in [0.5, 0.6) is 34.5 Å². The molecule has 3 aromatic rings. The maximum absolute atomic E-state index is 13.1. The molecule has 196 valence electrons. The second kappa shape index (κ2) is 11.2. The van der Waals surface area contributed by atoms with Crippen LogP contribution in [0, 0.1) is 6.92 Å². The molecule has 0 saturated heterocycles. The van der Waals surface area contributed by atoms with Crippen molar-refractivity contribution in [1.29, 1.82) is 0 Å². The van der Waals surface area contributed by atoms with Crippen LogP contribution < -0.4 is 34.6 Å². The highest BCUT2D eigenvalue weighted by Crippen LogP contribution is 2.52. The molecular weight excluding hydrogens is 482 g/mol. The smallest absolute Gasteiger partial charge is 0.343 e. The van der Waals surface area contributed by atoms with Gasteiger partial charge >= 0.3 is 5.63 Å². The molecule has 1 atom stereocenters. The minimum absolute atomic E-state index is 0.0417. The largest absolute Gasteiger partial charge is 0.507 e. The SMILES string of the molecule is COc1ccc(CCNC(=O)C[C@@H](c2cc(OC)c3c(c2OC)OCO3)c2c(O)cc(C)oc2=O)cc1. The highest BCUT2D eigenvalue weighted by atomic mass is 16.7. The highest BCUT2D eigenvalue weighted by molar-refractivity contribution is 5.78. The normalized spacial score (nSPS) is 12.6. The fourth-order valence-corrected chi connectivity index (χ4v) is 4.34. The predicted octanol–water partition coefficient (Wildman–Crippen LogP) is 3.29. The summed E-state index contributed by atoms with van der Waals surface area (Å²) in [6, 6.07) is 10.5. The van der Waals surface area contributed by atoms with Gasteiger partial charge in [0.1, 0.15) is 17.3 Å². The lowest BCUT2D eigenvalue weighted by molar-refractivity contribution is -0.121. The third kappa shape index (κ3) is 5.42. The van der Waals surface area contributed by atoms with Gasteiger partial charge in [-0.25, -0.2) is 4.79 Å². The van der Waals surface area contributed by atoms with Gasteiger partial charge in [-0.3, -0.25) is 4.79 Å². The molecular formula is C27H29NO9. The Bertz CT molecular complexity index is 1330. The van der Waals surface area contributed by atoms with E-state index in [1.54, 1.807) is 20.1 Å². The van der Waals surface area contributed by atoms with Crippen LogP contribution in [0.4, 0.5) is 0 Å². The molecule has 0 saturated carbocycles. The number of aromatic hydroxyl groups is 1. The van der Waals surface area contributed by atoms with Gasteiger partial charge in [0.05, 0.1) is 26.9 Å². The van der Waals surface area contributed by atoms with Crippen LogP contribution in [0.3, 0.4) is 0 Å². The lowest BCUT2D eigenvalue weighted by atomic mass is 9.87. The molecule has 4 rings (SSSR count). The highest BCUT2D eigenvalue weighted by Gasteiger charge is 2.34. The molecule has 1 aliphatic heterocycles. The minimum atomic E-state index is -0.934. The van der Waals surface area contributed by atoms with Crippen molar-refractivity contribution in [3.05, 3.63) is 69.3 Å². The van der Waals surface area contributed by atoms with Gasteiger partial charge in [0.2, 0.25) is 24.2 Å². The Morgan fingerprint density at radius 1 is 1.05 bits per heavy atom. The number of rotatable bonds is 10. The number of aryl methyl sites for hydroxylation is 1. The summed E-state index contributed by atoms with van der Waals surface area (Å²) >= 11 is 0. The molecule has 0 bridgehead atoms.